The van der Waals surface area contributed by atoms with Crippen LogP contribution in [0.25, 0.3) is 11.5 Å². The number of benzene rings is 1. The number of nitrogens with zero attached hydrogens (tertiary/aromatic N) is 2. The molecular formula is C16H16N2O5. The molecule has 2 heterocycles. The standard InChI is InChI=1S/C16H16N2O5/c1-10-13(23-14(17-10)11-5-3-2-4-6-11)15(19)18-7-8-22-9-12(18)16(20)21/h2-6,12H,7-9H2,1H3,(H,20,21)/t12-/m1/s1. The number of amides is 1. The van der Waals surface area contributed by atoms with E-state index in [1.54, 1.807) is 6.92 Å². The number of ether oxygens (including phenoxy) is 1. The first-order valence-corrected chi connectivity index (χ1v) is 7.22. The number of aliphatic carboxylic acids is 1. The lowest BCUT2D eigenvalue weighted by atomic mass is 10.2. The molecule has 7 heteroatoms. The summed E-state index contributed by atoms with van der Waals surface area (Å²) in [6, 6.07) is 8.21. The molecule has 1 N–H and O–H groups in total. The second kappa shape index (κ2) is 6.21. The van der Waals surface area contributed by atoms with Crippen LogP contribution >= 0.6 is 0 Å². The minimum atomic E-state index is -1.10. The van der Waals surface area contributed by atoms with Gasteiger partial charge in [-0.05, 0) is 19.1 Å². The van der Waals surface area contributed by atoms with E-state index in [2.05, 4.69) is 4.98 Å². The molecule has 23 heavy (non-hydrogen) atoms. The van der Waals surface area contributed by atoms with Crippen LogP contribution in [0.4, 0.5) is 0 Å². The van der Waals surface area contributed by atoms with Crippen molar-refractivity contribution in [1.29, 1.82) is 0 Å². The highest BCUT2D eigenvalue weighted by Crippen LogP contribution is 2.23. The fourth-order valence-electron chi connectivity index (χ4n) is 2.48. The van der Waals surface area contributed by atoms with Crippen molar-refractivity contribution in [2.24, 2.45) is 0 Å². The molecule has 1 aliphatic heterocycles. The molecule has 1 aliphatic rings. The van der Waals surface area contributed by atoms with Gasteiger partial charge in [-0.1, -0.05) is 18.2 Å². The quantitative estimate of drug-likeness (QED) is 0.924. The molecule has 1 atom stereocenters. The zero-order valence-corrected chi connectivity index (χ0v) is 12.6. The summed E-state index contributed by atoms with van der Waals surface area (Å²) in [5, 5.41) is 9.24. The van der Waals surface area contributed by atoms with Gasteiger partial charge in [0.15, 0.2) is 6.04 Å². The maximum absolute atomic E-state index is 12.7. The molecular weight excluding hydrogens is 300 g/mol. The zero-order valence-electron chi connectivity index (χ0n) is 12.6. The second-order valence-electron chi connectivity index (χ2n) is 5.23. The van der Waals surface area contributed by atoms with E-state index in [1.807, 2.05) is 30.3 Å². The molecule has 1 fully saturated rings. The molecule has 0 saturated carbocycles. The van der Waals surface area contributed by atoms with Crippen molar-refractivity contribution in [3.63, 3.8) is 0 Å². The third-order valence-electron chi connectivity index (χ3n) is 3.69. The number of carboxylic acid groups (broad SMARTS) is 1. The Morgan fingerprint density at radius 1 is 1.30 bits per heavy atom. The van der Waals surface area contributed by atoms with Crippen molar-refractivity contribution < 1.29 is 23.8 Å². The summed E-state index contributed by atoms with van der Waals surface area (Å²) in [5.41, 5.74) is 1.19. The molecule has 0 radical (unpaired) electrons. The minimum absolute atomic E-state index is 0.0280. The lowest BCUT2D eigenvalue weighted by molar-refractivity contribution is -0.147. The predicted octanol–water partition coefficient (Wildman–Crippen LogP) is 1.58. The molecule has 3 rings (SSSR count). The van der Waals surface area contributed by atoms with Gasteiger partial charge in [0.2, 0.25) is 11.7 Å². The largest absolute Gasteiger partial charge is 0.480 e. The molecule has 1 aromatic heterocycles. The summed E-state index contributed by atoms with van der Waals surface area (Å²) in [4.78, 5) is 29.5. The van der Waals surface area contributed by atoms with Crippen LogP contribution in [0.15, 0.2) is 34.7 Å². The van der Waals surface area contributed by atoms with Crippen LogP contribution in [0.1, 0.15) is 16.2 Å². The monoisotopic (exact) mass is 316 g/mol. The van der Waals surface area contributed by atoms with Crippen LogP contribution in [-0.4, -0.2) is 52.7 Å². The molecule has 1 aromatic carbocycles. The number of carbonyl (C=O) groups excluding carboxylic acids is 1. The number of carbonyl (C=O) groups is 2. The van der Waals surface area contributed by atoms with Gasteiger partial charge < -0.3 is 19.2 Å². The Balaban J connectivity index is 1.90. The lowest BCUT2D eigenvalue weighted by Gasteiger charge is -2.32. The van der Waals surface area contributed by atoms with Crippen LogP contribution in [0.3, 0.4) is 0 Å². The maximum atomic E-state index is 12.7. The Morgan fingerprint density at radius 3 is 2.74 bits per heavy atom. The van der Waals surface area contributed by atoms with Crippen molar-refractivity contribution in [2.45, 2.75) is 13.0 Å². The lowest BCUT2D eigenvalue weighted by Crippen LogP contribution is -2.52. The molecule has 0 aliphatic carbocycles. The van der Waals surface area contributed by atoms with Gasteiger partial charge in [-0.2, -0.15) is 0 Å². The van der Waals surface area contributed by atoms with Crippen molar-refractivity contribution in [2.75, 3.05) is 19.8 Å². The fourth-order valence-corrected chi connectivity index (χ4v) is 2.48. The van der Waals surface area contributed by atoms with Crippen LogP contribution in [0.5, 0.6) is 0 Å². The number of morpholine rings is 1. The topological polar surface area (TPSA) is 92.9 Å². The predicted molar refractivity (Wildman–Crippen MR) is 80.0 cm³/mol. The zero-order chi connectivity index (χ0) is 16.4. The smallest absolute Gasteiger partial charge is 0.328 e. The van der Waals surface area contributed by atoms with Crippen molar-refractivity contribution >= 4 is 11.9 Å². The van der Waals surface area contributed by atoms with Crippen molar-refractivity contribution in [3.05, 3.63) is 41.8 Å². The van der Waals surface area contributed by atoms with Crippen LogP contribution in [-0.2, 0) is 9.53 Å². The van der Waals surface area contributed by atoms with Gasteiger partial charge in [0, 0.05) is 12.1 Å². The van der Waals surface area contributed by atoms with E-state index >= 15 is 0 Å². The van der Waals surface area contributed by atoms with Gasteiger partial charge in [0.25, 0.3) is 5.91 Å². The summed E-state index contributed by atoms with van der Waals surface area (Å²) in [6.07, 6.45) is 0. The summed E-state index contributed by atoms with van der Waals surface area (Å²) < 4.78 is 10.8. The number of hydrogen-bond donors (Lipinski definition) is 1. The van der Waals surface area contributed by atoms with E-state index in [9.17, 15) is 14.7 Å². The first-order valence-electron chi connectivity index (χ1n) is 7.22. The molecule has 1 saturated heterocycles. The van der Waals surface area contributed by atoms with Gasteiger partial charge in [0.05, 0.1) is 18.9 Å². The van der Waals surface area contributed by atoms with Crippen LogP contribution in [0, 0.1) is 6.92 Å². The Labute approximate surface area is 132 Å². The summed E-state index contributed by atoms with van der Waals surface area (Å²) in [5.74, 6) is -1.17. The van der Waals surface area contributed by atoms with Gasteiger partial charge in [-0.3, -0.25) is 4.79 Å². The molecule has 0 bridgehead atoms. The SMILES string of the molecule is Cc1nc(-c2ccccc2)oc1C(=O)N1CCOC[C@@H]1C(=O)O. The molecule has 1 amide bonds. The second-order valence-corrected chi connectivity index (χ2v) is 5.23. The van der Waals surface area contributed by atoms with E-state index < -0.39 is 17.9 Å². The molecule has 120 valence electrons. The molecule has 7 nitrogen and oxygen atoms in total. The van der Waals surface area contributed by atoms with Gasteiger partial charge in [-0.25, -0.2) is 9.78 Å². The normalized spacial score (nSPS) is 18.0. The first-order chi connectivity index (χ1) is 11.1. The third kappa shape index (κ3) is 2.95. The van der Waals surface area contributed by atoms with Crippen LogP contribution < -0.4 is 0 Å². The van der Waals surface area contributed by atoms with E-state index in [0.717, 1.165) is 5.56 Å². The number of carboxylic acids is 1. The first kappa shape index (κ1) is 15.2. The average molecular weight is 316 g/mol. The van der Waals surface area contributed by atoms with Crippen LogP contribution in [0.2, 0.25) is 0 Å². The van der Waals surface area contributed by atoms with E-state index in [0.29, 0.717) is 18.2 Å². The molecule has 0 unspecified atom stereocenters. The summed E-state index contributed by atoms with van der Waals surface area (Å²) >= 11 is 0. The number of oxazole rings is 1. The molecule has 0 spiro atoms. The minimum Gasteiger partial charge on any atom is -0.480 e. The van der Waals surface area contributed by atoms with Gasteiger partial charge in [0.1, 0.15) is 0 Å². The number of aromatic nitrogens is 1. The Hall–Kier alpha value is -2.67. The van der Waals surface area contributed by atoms with Gasteiger partial charge in [-0.15, -0.1) is 0 Å². The Bertz CT molecular complexity index is 725. The number of rotatable bonds is 3. The van der Waals surface area contributed by atoms with E-state index in [1.165, 1.54) is 4.90 Å². The fraction of sp³-hybridized carbons (Fsp3) is 0.312. The highest BCUT2D eigenvalue weighted by Gasteiger charge is 2.35. The number of aryl methyl sites for hydroxylation is 1. The Morgan fingerprint density at radius 2 is 2.04 bits per heavy atom. The highest BCUT2D eigenvalue weighted by molar-refractivity contribution is 5.95. The van der Waals surface area contributed by atoms with E-state index in [-0.39, 0.29) is 18.9 Å². The third-order valence-corrected chi connectivity index (χ3v) is 3.69. The maximum Gasteiger partial charge on any atom is 0.328 e. The van der Waals surface area contributed by atoms with E-state index in [4.69, 9.17) is 9.15 Å². The highest BCUT2D eigenvalue weighted by atomic mass is 16.5. The Kier molecular flexibility index (Phi) is 4.12. The molecule has 2 aromatic rings. The van der Waals surface area contributed by atoms with Crippen molar-refractivity contribution in [3.8, 4) is 11.5 Å². The average Bonchev–Trinajstić information content (AvgIpc) is 2.97. The van der Waals surface area contributed by atoms with Crippen molar-refractivity contribution in [1.82, 2.24) is 9.88 Å². The summed E-state index contributed by atoms with van der Waals surface area (Å²) in [7, 11) is 0. The summed E-state index contributed by atoms with van der Waals surface area (Å²) in [6.45, 7) is 2.14. The van der Waals surface area contributed by atoms with Gasteiger partial charge >= 0.3 is 5.97 Å². The number of hydrogen-bond acceptors (Lipinski definition) is 5.